The number of ether oxygens (including phenoxy) is 6. The maximum atomic E-state index is 13.8. The third-order valence-corrected chi connectivity index (χ3v) is 25.1. The van der Waals surface area contributed by atoms with Gasteiger partial charge in [-0.25, -0.2) is 13.2 Å². The molecular weight excluding hydrogens is 1840 g/mol. The summed E-state index contributed by atoms with van der Waals surface area (Å²) in [5.41, 5.74) is 20.9. The summed E-state index contributed by atoms with van der Waals surface area (Å²) in [6.45, 7) is 19.0. The highest BCUT2D eigenvalue weighted by Crippen LogP contribution is 2.45. The number of rotatable bonds is 20. The van der Waals surface area contributed by atoms with E-state index in [0.29, 0.717) is 92.0 Å². The van der Waals surface area contributed by atoms with Crippen molar-refractivity contribution < 1.29 is 90.6 Å². The van der Waals surface area contributed by atoms with Gasteiger partial charge in [-0.2, -0.15) is 49.4 Å². The van der Waals surface area contributed by atoms with Crippen LogP contribution >= 0.6 is 11.3 Å². The number of morpholine rings is 1. The monoisotopic (exact) mass is 1940 g/mol. The van der Waals surface area contributed by atoms with Crippen molar-refractivity contribution in [1.29, 1.82) is 0 Å². The van der Waals surface area contributed by atoms with Gasteiger partial charge < -0.3 is 76.4 Å². The first kappa shape index (κ1) is 98.0. The lowest BCUT2D eigenvalue weighted by molar-refractivity contribution is -0.274. The molecule has 6 aromatic heterocycles. The summed E-state index contributed by atoms with van der Waals surface area (Å²) >= 11 is 1.29. The van der Waals surface area contributed by atoms with E-state index in [-0.39, 0.29) is 51.7 Å². The zero-order valence-electron chi connectivity index (χ0n) is 78.1. The Balaban J connectivity index is 0.000000126. The number of halogens is 9. The van der Waals surface area contributed by atoms with Gasteiger partial charge >= 0.3 is 12.5 Å². The minimum Gasteiger partial charge on any atom is -0.496 e. The van der Waals surface area contributed by atoms with Gasteiger partial charge in [-0.1, -0.05) is 56.1 Å². The smallest absolute Gasteiger partial charge is 0.496 e. The van der Waals surface area contributed by atoms with Crippen molar-refractivity contribution in [1.82, 2.24) is 50.7 Å². The van der Waals surface area contributed by atoms with Crippen molar-refractivity contribution in [2.75, 3.05) is 113 Å². The molecule has 2 N–H and O–H groups in total. The first-order valence-corrected chi connectivity index (χ1v) is 46.4. The van der Waals surface area contributed by atoms with Crippen molar-refractivity contribution in [2.24, 2.45) is 0 Å². The Morgan fingerprint density at radius 2 is 0.707 bits per heavy atom. The van der Waals surface area contributed by atoms with Crippen LogP contribution in [0, 0.1) is 45.1 Å². The number of anilines is 5. The molecule has 4 saturated heterocycles. The second-order valence-electron chi connectivity index (χ2n) is 33.6. The molecule has 140 heavy (non-hydrogen) atoms. The highest BCUT2D eigenvalue weighted by Gasteiger charge is 2.37. The third-order valence-electron chi connectivity index (χ3n) is 24.2. The number of nitrogen functional groups attached to an aromatic ring is 1. The largest absolute Gasteiger partial charge is 0.573 e. The molecule has 4 aliphatic heterocycles. The van der Waals surface area contributed by atoms with E-state index in [2.05, 4.69) is 139 Å². The van der Waals surface area contributed by atoms with Crippen LogP contribution in [-0.4, -0.2) is 151 Å². The van der Waals surface area contributed by atoms with Crippen LogP contribution in [0.2, 0.25) is 0 Å². The van der Waals surface area contributed by atoms with Gasteiger partial charge in [-0.15, -0.1) is 13.2 Å². The molecule has 0 radical (unpaired) electrons. The van der Waals surface area contributed by atoms with Crippen molar-refractivity contribution in [3.05, 3.63) is 250 Å². The number of para-hydroxylation sites is 2. The number of aryl methyl sites for hydroxylation is 4. The summed E-state index contributed by atoms with van der Waals surface area (Å²) in [5.74, 6) is 2.97. The number of hydrogen-bond donors (Lipinski definition) is 1. The minimum atomic E-state index is -4.94. The van der Waals surface area contributed by atoms with E-state index in [1.165, 1.54) is 191 Å². The second-order valence-corrected chi connectivity index (χ2v) is 34.4. The fourth-order valence-corrected chi connectivity index (χ4v) is 18.1. The molecule has 10 aromatic carbocycles. The normalized spacial score (nSPS) is 14.4. The minimum absolute atomic E-state index is 0.00339. The van der Waals surface area contributed by atoms with Crippen molar-refractivity contribution >= 4 is 39.8 Å². The van der Waals surface area contributed by atoms with E-state index in [9.17, 15) is 39.5 Å². The van der Waals surface area contributed by atoms with Crippen molar-refractivity contribution in [3.8, 4) is 154 Å². The topological polar surface area (TPSA) is 289 Å². The molecule has 4 fully saturated rings. The Morgan fingerprint density at radius 3 is 1.09 bits per heavy atom. The summed E-state index contributed by atoms with van der Waals surface area (Å²) in [7, 11) is 6.20. The van der Waals surface area contributed by atoms with Gasteiger partial charge in [0.2, 0.25) is 29.1 Å². The Kier molecular flexibility index (Phi) is 30.9. The number of aromatic nitrogens is 10. The lowest BCUT2D eigenvalue weighted by Gasteiger charge is -2.36. The number of nitrogens with zero attached hydrogens (tertiary/aromatic N) is 14. The van der Waals surface area contributed by atoms with Crippen LogP contribution in [-0.2, 0) is 10.9 Å². The lowest BCUT2D eigenvalue weighted by Crippen LogP contribution is -2.37. The van der Waals surface area contributed by atoms with Crippen molar-refractivity contribution in [3.63, 3.8) is 0 Å². The molecule has 0 aliphatic carbocycles. The molecule has 26 nitrogen and oxygen atoms in total. The zero-order chi connectivity index (χ0) is 98.3. The Labute approximate surface area is 804 Å². The summed E-state index contributed by atoms with van der Waals surface area (Å²) in [6, 6.07) is 53.8. The molecule has 4 aliphatic rings. The number of nitrogens with two attached hydrogens (primary N) is 1. The molecule has 726 valence electrons. The van der Waals surface area contributed by atoms with E-state index in [1.807, 2.05) is 60.7 Å². The number of hydrogen-bond acceptors (Lipinski definition) is 27. The standard InChI is InChI=1S/C21H12F6N2O2S.C21H23FN4O2.C21H22FN3O2.C21H23N3O2.C20H20FN3O3/c1-11-9-32-10-15(11)13-7-6-12(8-16(13)20(22,23)24)19-28-18(29-31-19)14-4-2-3-5-17(14)30-21(25,26)27;1-13-5-3-4-10-26(13)18-8-6-14(11-17(18)23)21-24-20(25-28-21)16-12-15(22)7-9-19(16)27-2;1-14-12-15(6-8-18(14)25-10-4-3-5-11-25)21-23-20(24-27-21)17-13-16(22)7-9-19(17)26-2;1-15-14-16(10-11-18(15)24-12-6-3-7-13-24)21-22-20(23-26-21)17-8-4-5-9-19(17)25-2;1-13-11-14(3-5-17(13)24-7-9-26-10-8-24)20-22-19(23-27-20)16-12-15(21)4-6-18(16)25-2/h2-10H,1H3;6-9,11-13H,3-5,10,23H2,1-2H3;6-9,12-13H,3-5,10-11H2,1-2H3;4-5,8-11,14H,3,6-7,12-13H2,1-2H3;3-6,11-12H,7-10H2,1-2H3. The summed E-state index contributed by atoms with van der Waals surface area (Å²) in [4.78, 5) is 31.4. The van der Waals surface area contributed by atoms with Gasteiger partial charge in [0, 0.05) is 96.7 Å². The number of alkyl halides is 6. The molecule has 0 amide bonds. The average Bonchev–Trinajstić information content (AvgIpc) is 1.45. The number of thiophene rings is 1. The highest BCUT2D eigenvalue weighted by molar-refractivity contribution is 7.08. The van der Waals surface area contributed by atoms with Gasteiger partial charge in [0.1, 0.15) is 46.2 Å². The average molecular weight is 1940 g/mol. The molecule has 0 spiro atoms. The van der Waals surface area contributed by atoms with Crippen LogP contribution in [0.5, 0.6) is 28.7 Å². The van der Waals surface area contributed by atoms with E-state index in [4.69, 9.17) is 52.0 Å². The maximum Gasteiger partial charge on any atom is 0.573 e. The first-order chi connectivity index (χ1) is 67.7. The summed E-state index contributed by atoms with van der Waals surface area (Å²) in [5, 5.41) is 23.1. The van der Waals surface area contributed by atoms with Crippen LogP contribution in [0.4, 0.5) is 68.0 Å². The molecule has 36 heteroatoms. The summed E-state index contributed by atoms with van der Waals surface area (Å²) < 4.78 is 178. The van der Waals surface area contributed by atoms with Gasteiger partial charge in [0.25, 0.3) is 29.5 Å². The summed E-state index contributed by atoms with van der Waals surface area (Å²) in [6.07, 6.45) is 1.66. The molecule has 10 heterocycles. The fourth-order valence-electron chi connectivity index (χ4n) is 17.2. The fraction of sp³-hybridized carbons (Fsp3) is 0.288. The highest BCUT2D eigenvalue weighted by atomic mass is 32.1. The molecule has 16 aromatic rings. The van der Waals surface area contributed by atoms with Crippen LogP contribution in [0.15, 0.2) is 227 Å². The van der Waals surface area contributed by atoms with Gasteiger partial charge in [-0.3, -0.25) is 0 Å². The van der Waals surface area contributed by atoms with Crippen LogP contribution in [0.1, 0.15) is 92.5 Å². The Bertz CT molecular complexity index is 6790. The van der Waals surface area contributed by atoms with E-state index < -0.39 is 29.7 Å². The molecule has 1 unspecified atom stereocenters. The first-order valence-electron chi connectivity index (χ1n) is 45.4. The predicted octanol–water partition coefficient (Wildman–Crippen LogP) is 25.1. The SMILES string of the molecule is COc1ccc(F)cc1-c1noc(-c2ccc(N3CCCCC3)c(C)c2)n1.COc1ccc(F)cc1-c1noc(-c2ccc(N3CCCCC3C)c(N)c2)n1.COc1ccc(F)cc1-c1noc(-c2ccc(N3CCOCC3)c(C)c2)n1.COc1ccccc1-c1noc(-c2ccc(N3CCCCC3)c(C)c2)n1.Cc1cscc1-c1ccc(-c2nc(-c3ccccc3OC(F)(F)F)no2)cc1C(F)(F)F. The zero-order valence-corrected chi connectivity index (χ0v) is 78.9. The Morgan fingerprint density at radius 1 is 0.350 bits per heavy atom. The maximum absolute atomic E-state index is 13.8. The quantitative estimate of drug-likeness (QED) is 0.0548. The molecule has 0 bridgehead atoms. The molecule has 1 atom stereocenters. The molecule has 0 saturated carbocycles. The van der Waals surface area contributed by atoms with Crippen LogP contribution in [0.3, 0.4) is 0 Å². The van der Waals surface area contributed by atoms with Gasteiger partial charge in [0.15, 0.2) is 0 Å². The number of methoxy groups -OCH3 is 4. The Hall–Kier alpha value is -15.1. The van der Waals surface area contributed by atoms with Crippen LogP contribution < -0.4 is 49.0 Å². The second kappa shape index (κ2) is 44.2. The van der Waals surface area contributed by atoms with E-state index in [1.54, 1.807) is 36.9 Å². The third kappa shape index (κ3) is 23.3. The number of benzene rings is 10. The van der Waals surface area contributed by atoms with Gasteiger partial charge in [0.05, 0.1) is 86.4 Å². The van der Waals surface area contributed by atoms with Gasteiger partial charge in [-0.05, 0) is 300 Å². The number of piperidine rings is 3. The van der Waals surface area contributed by atoms with Crippen molar-refractivity contribution in [2.45, 2.75) is 111 Å². The molecular formula is C104H100F9N15O11S. The van der Waals surface area contributed by atoms with Crippen LogP contribution in [0.25, 0.3) is 125 Å². The van der Waals surface area contributed by atoms with E-state index in [0.717, 1.165) is 116 Å². The van der Waals surface area contributed by atoms with E-state index >= 15 is 0 Å². The lowest BCUT2D eigenvalue weighted by atomic mass is 9.97. The molecule has 20 rings (SSSR count). The predicted molar refractivity (Wildman–Crippen MR) is 516 cm³/mol.